The Bertz CT molecular complexity index is 1110. The molecule has 0 unspecified atom stereocenters. The SMILES string of the molecule is CC1(C)O[C@H]2O[C@H]([C@H]3COC(C)(C)O3)[C@@H](OS(=O)(=O)Cc3ccc4ccccc4c3)[C@H]2O1. The van der Waals surface area contributed by atoms with Crippen LogP contribution in [0.15, 0.2) is 42.5 Å². The Kier molecular flexibility index (Phi) is 5.37. The molecule has 174 valence electrons. The molecule has 0 radical (unpaired) electrons. The molecule has 3 heterocycles. The second-order valence-electron chi connectivity index (χ2n) is 9.38. The van der Waals surface area contributed by atoms with Crippen molar-refractivity contribution in [3.05, 3.63) is 48.0 Å². The molecule has 8 nitrogen and oxygen atoms in total. The van der Waals surface area contributed by atoms with Crippen molar-refractivity contribution in [3.8, 4) is 0 Å². The van der Waals surface area contributed by atoms with Crippen molar-refractivity contribution in [1.82, 2.24) is 0 Å². The van der Waals surface area contributed by atoms with Gasteiger partial charge in [-0.05, 0) is 44.0 Å². The van der Waals surface area contributed by atoms with Gasteiger partial charge in [-0.15, -0.1) is 0 Å². The second kappa shape index (κ2) is 7.73. The molecule has 5 rings (SSSR count). The molecular formula is C23H28O8S. The van der Waals surface area contributed by atoms with Crippen LogP contribution in [0.25, 0.3) is 10.8 Å². The minimum absolute atomic E-state index is 0.255. The summed E-state index contributed by atoms with van der Waals surface area (Å²) in [5.74, 6) is -1.96. The first-order valence-electron chi connectivity index (χ1n) is 10.7. The lowest BCUT2D eigenvalue weighted by molar-refractivity contribution is -0.230. The van der Waals surface area contributed by atoms with Crippen LogP contribution in [-0.4, -0.2) is 57.3 Å². The van der Waals surface area contributed by atoms with Gasteiger partial charge < -0.3 is 23.7 Å². The van der Waals surface area contributed by atoms with Gasteiger partial charge >= 0.3 is 0 Å². The molecular weight excluding hydrogens is 436 g/mol. The molecule has 0 N–H and O–H groups in total. The van der Waals surface area contributed by atoms with Gasteiger partial charge in [0.25, 0.3) is 10.1 Å². The molecule has 0 spiro atoms. The van der Waals surface area contributed by atoms with Crippen LogP contribution in [0.5, 0.6) is 0 Å². The third-order valence-corrected chi connectivity index (χ3v) is 7.04. The fourth-order valence-corrected chi connectivity index (χ4v) is 5.74. The van der Waals surface area contributed by atoms with Crippen LogP contribution in [0.4, 0.5) is 0 Å². The fourth-order valence-electron chi connectivity index (χ4n) is 4.53. The molecule has 0 aromatic heterocycles. The molecule has 0 amide bonds. The van der Waals surface area contributed by atoms with Gasteiger partial charge in [-0.25, -0.2) is 0 Å². The first kappa shape index (κ1) is 22.2. The standard InChI is InChI=1S/C23H28O8S/c1-22(2)26-12-17(28-22)18-19(20-21(27-18)30-23(3,4)29-20)31-32(24,25)13-14-9-10-15-7-5-6-8-16(15)11-14/h5-11,17-21H,12-13H2,1-4H3/t17-,18-,19-,20-,21-/m1/s1. The molecule has 5 atom stereocenters. The zero-order valence-electron chi connectivity index (χ0n) is 18.5. The van der Waals surface area contributed by atoms with Crippen LogP contribution in [0, 0.1) is 0 Å². The van der Waals surface area contributed by atoms with Crippen molar-refractivity contribution in [2.24, 2.45) is 0 Å². The van der Waals surface area contributed by atoms with Gasteiger partial charge in [-0.2, -0.15) is 8.42 Å². The van der Waals surface area contributed by atoms with Gasteiger partial charge in [-0.3, -0.25) is 4.18 Å². The summed E-state index contributed by atoms with van der Waals surface area (Å²) in [4.78, 5) is 0. The Labute approximate surface area is 187 Å². The average Bonchev–Trinajstić information content (AvgIpc) is 3.31. The number of benzene rings is 2. The van der Waals surface area contributed by atoms with E-state index in [1.54, 1.807) is 33.8 Å². The smallest absolute Gasteiger partial charge is 0.271 e. The molecule has 9 heteroatoms. The van der Waals surface area contributed by atoms with E-state index in [0.29, 0.717) is 5.56 Å². The van der Waals surface area contributed by atoms with Crippen LogP contribution >= 0.6 is 0 Å². The summed E-state index contributed by atoms with van der Waals surface area (Å²) < 4.78 is 61.3. The normalized spacial score (nSPS) is 33.6. The monoisotopic (exact) mass is 464 g/mol. The van der Waals surface area contributed by atoms with Gasteiger partial charge in [0.15, 0.2) is 17.9 Å². The summed E-state index contributed by atoms with van der Waals surface area (Å²) in [7, 11) is -3.97. The summed E-state index contributed by atoms with van der Waals surface area (Å²) in [6, 6.07) is 13.3. The molecule has 0 bridgehead atoms. The summed E-state index contributed by atoms with van der Waals surface area (Å²) in [6.07, 6.45) is -3.59. The van der Waals surface area contributed by atoms with Crippen molar-refractivity contribution >= 4 is 20.9 Å². The zero-order valence-corrected chi connectivity index (χ0v) is 19.3. The lowest BCUT2D eigenvalue weighted by Crippen LogP contribution is -2.45. The number of hydrogen-bond acceptors (Lipinski definition) is 8. The molecule has 0 aliphatic carbocycles. The van der Waals surface area contributed by atoms with Crippen LogP contribution < -0.4 is 0 Å². The molecule has 3 aliphatic heterocycles. The van der Waals surface area contributed by atoms with Crippen molar-refractivity contribution in [2.45, 2.75) is 75.7 Å². The number of fused-ring (bicyclic) bond motifs is 2. The lowest BCUT2D eigenvalue weighted by Gasteiger charge is -2.28. The highest BCUT2D eigenvalue weighted by Crippen LogP contribution is 2.42. The Morgan fingerprint density at radius 2 is 1.69 bits per heavy atom. The van der Waals surface area contributed by atoms with E-state index in [1.807, 2.05) is 36.4 Å². The fraction of sp³-hybridized carbons (Fsp3) is 0.565. The number of ether oxygens (including phenoxy) is 5. The summed E-state index contributed by atoms with van der Waals surface area (Å²) >= 11 is 0. The maximum Gasteiger partial charge on any atom is 0.271 e. The molecule has 32 heavy (non-hydrogen) atoms. The van der Waals surface area contributed by atoms with Crippen LogP contribution in [0.1, 0.15) is 33.3 Å². The van der Waals surface area contributed by atoms with E-state index in [9.17, 15) is 8.42 Å². The number of hydrogen-bond donors (Lipinski definition) is 0. The average molecular weight is 465 g/mol. The van der Waals surface area contributed by atoms with Crippen LogP contribution in [-0.2, 0) is 43.7 Å². The summed E-state index contributed by atoms with van der Waals surface area (Å²) in [6.45, 7) is 7.35. The molecule has 3 fully saturated rings. The predicted molar refractivity (Wildman–Crippen MR) is 115 cm³/mol. The van der Waals surface area contributed by atoms with Gasteiger partial charge in [0.05, 0.1) is 6.61 Å². The van der Waals surface area contributed by atoms with Crippen molar-refractivity contribution < 1.29 is 36.3 Å². The highest BCUT2D eigenvalue weighted by atomic mass is 32.2. The summed E-state index contributed by atoms with van der Waals surface area (Å²) in [5.41, 5.74) is 0.640. The second-order valence-corrected chi connectivity index (χ2v) is 11.0. The maximum atomic E-state index is 13.1. The summed E-state index contributed by atoms with van der Waals surface area (Å²) in [5, 5.41) is 2.01. The molecule has 2 aromatic rings. The Hall–Kier alpha value is -1.59. The van der Waals surface area contributed by atoms with E-state index in [-0.39, 0.29) is 12.4 Å². The highest BCUT2D eigenvalue weighted by Gasteiger charge is 2.60. The Morgan fingerprint density at radius 1 is 0.938 bits per heavy atom. The minimum Gasteiger partial charge on any atom is -0.348 e. The van der Waals surface area contributed by atoms with Gasteiger partial charge in [0, 0.05) is 0 Å². The van der Waals surface area contributed by atoms with Crippen molar-refractivity contribution in [1.29, 1.82) is 0 Å². The molecule has 0 saturated carbocycles. The van der Waals surface area contributed by atoms with E-state index < -0.39 is 52.4 Å². The molecule has 3 saturated heterocycles. The predicted octanol–water partition coefficient (Wildman–Crippen LogP) is 3.08. The first-order valence-corrected chi connectivity index (χ1v) is 12.3. The van der Waals surface area contributed by atoms with E-state index in [2.05, 4.69) is 0 Å². The van der Waals surface area contributed by atoms with E-state index in [0.717, 1.165) is 10.8 Å². The molecule has 2 aromatic carbocycles. The van der Waals surface area contributed by atoms with E-state index in [4.69, 9.17) is 27.9 Å². The number of rotatable bonds is 5. The quantitative estimate of drug-likeness (QED) is 0.624. The van der Waals surface area contributed by atoms with E-state index >= 15 is 0 Å². The maximum absolute atomic E-state index is 13.1. The minimum atomic E-state index is -3.97. The third kappa shape index (κ3) is 4.43. The van der Waals surface area contributed by atoms with Gasteiger partial charge in [0.2, 0.25) is 0 Å². The lowest BCUT2D eigenvalue weighted by atomic mass is 10.1. The first-order chi connectivity index (χ1) is 15.0. The largest absolute Gasteiger partial charge is 0.348 e. The topological polar surface area (TPSA) is 89.5 Å². The van der Waals surface area contributed by atoms with Crippen LogP contribution in [0.2, 0.25) is 0 Å². The Morgan fingerprint density at radius 3 is 2.41 bits per heavy atom. The van der Waals surface area contributed by atoms with E-state index in [1.165, 1.54) is 0 Å². The van der Waals surface area contributed by atoms with Crippen molar-refractivity contribution in [3.63, 3.8) is 0 Å². The third-order valence-electron chi connectivity index (χ3n) is 5.84. The Balaban J connectivity index is 1.38. The highest BCUT2D eigenvalue weighted by molar-refractivity contribution is 7.85. The van der Waals surface area contributed by atoms with Gasteiger partial charge in [0.1, 0.15) is 30.2 Å². The zero-order chi connectivity index (χ0) is 22.7. The van der Waals surface area contributed by atoms with Gasteiger partial charge in [-0.1, -0.05) is 42.5 Å². The van der Waals surface area contributed by atoms with Crippen molar-refractivity contribution in [2.75, 3.05) is 6.61 Å². The van der Waals surface area contributed by atoms with Crippen LogP contribution in [0.3, 0.4) is 0 Å². The molecule has 3 aliphatic rings.